The molecule has 4 heteroatoms. The number of ether oxygens (including phenoxy) is 1. The minimum Gasteiger partial charge on any atom is -0.423 e. The van der Waals surface area contributed by atoms with Crippen molar-refractivity contribution in [1.29, 1.82) is 0 Å². The minimum atomic E-state index is -1.06. The van der Waals surface area contributed by atoms with Gasteiger partial charge in [0.15, 0.2) is 0 Å². The number of hydrogen-bond acceptors (Lipinski definition) is 2. The predicted molar refractivity (Wildman–Crippen MR) is 146 cm³/mol. The second kappa shape index (κ2) is 12.4. The van der Waals surface area contributed by atoms with Crippen LogP contribution in [0.15, 0.2) is 84.9 Å². The lowest BCUT2D eigenvalue weighted by Gasteiger charge is -2.10. The Hall–Kier alpha value is -3.79. The van der Waals surface area contributed by atoms with E-state index < -0.39 is 23.2 Å². The fraction of sp³-hybridized carbons (Fsp3) is 0.242. The van der Waals surface area contributed by atoms with Crippen molar-refractivity contribution in [2.75, 3.05) is 0 Å². The molecule has 0 aliphatic rings. The van der Waals surface area contributed by atoms with Gasteiger partial charge in [-0.25, -0.2) is 13.6 Å². The third-order valence-corrected chi connectivity index (χ3v) is 6.55. The number of esters is 1. The van der Waals surface area contributed by atoms with Gasteiger partial charge in [0, 0.05) is 0 Å². The first-order valence-corrected chi connectivity index (χ1v) is 12.9. The van der Waals surface area contributed by atoms with Crippen molar-refractivity contribution in [3.05, 3.63) is 113 Å². The largest absolute Gasteiger partial charge is 0.423 e. The highest BCUT2D eigenvalue weighted by Gasteiger charge is 2.21. The first kappa shape index (κ1) is 26.3. The van der Waals surface area contributed by atoms with Crippen LogP contribution in [0.2, 0.25) is 0 Å². The highest BCUT2D eigenvalue weighted by molar-refractivity contribution is 5.92. The molecule has 4 aromatic rings. The summed E-state index contributed by atoms with van der Waals surface area (Å²) in [4.78, 5) is 12.4. The number of unbranched alkanes of at least 4 members (excludes halogenated alkanes) is 4. The molecule has 37 heavy (non-hydrogen) atoms. The average molecular weight is 499 g/mol. The number of aryl methyl sites for hydroxylation is 2. The summed E-state index contributed by atoms with van der Waals surface area (Å²) in [7, 11) is 0. The van der Waals surface area contributed by atoms with Gasteiger partial charge in [-0.1, -0.05) is 98.8 Å². The summed E-state index contributed by atoms with van der Waals surface area (Å²) in [5.74, 6) is -2.75. The van der Waals surface area contributed by atoms with Crippen LogP contribution in [-0.4, -0.2) is 5.97 Å². The molecule has 0 heterocycles. The second-order valence-corrected chi connectivity index (χ2v) is 9.46. The minimum absolute atomic E-state index is 0.231. The van der Waals surface area contributed by atoms with Crippen LogP contribution in [0.5, 0.6) is 5.75 Å². The molecule has 190 valence electrons. The van der Waals surface area contributed by atoms with Crippen molar-refractivity contribution < 1.29 is 18.3 Å². The Morgan fingerprint density at radius 2 is 1.19 bits per heavy atom. The number of hydrogen-bond donors (Lipinski definition) is 0. The summed E-state index contributed by atoms with van der Waals surface area (Å²) in [6, 6.07) is 25.1. The standard InChI is InChI=1S/C33H32F2O2/c1-3-4-5-6-7-8-24-11-13-25(14-12-24)26-15-17-27(18-16-26)28-21-30(34)32(31(35)22-28)33(36)37-29-19-9-23(2)10-20-29/h9-22H,3-8H2,1-2H3. The third-order valence-electron chi connectivity index (χ3n) is 6.55. The Balaban J connectivity index is 1.43. The van der Waals surface area contributed by atoms with Gasteiger partial charge >= 0.3 is 5.97 Å². The summed E-state index contributed by atoms with van der Waals surface area (Å²) >= 11 is 0. The van der Waals surface area contributed by atoms with Crippen LogP contribution in [0.3, 0.4) is 0 Å². The Bertz CT molecular complexity index is 1300. The van der Waals surface area contributed by atoms with Crippen molar-refractivity contribution in [1.82, 2.24) is 0 Å². The van der Waals surface area contributed by atoms with Gasteiger partial charge in [-0.2, -0.15) is 0 Å². The molecule has 0 amide bonds. The normalized spacial score (nSPS) is 10.9. The molecule has 4 aromatic carbocycles. The van der Waals surface area contributed by atoms with Crippen LogP contribution < -0.4 is 4.74 Å². The molecule has 0 spiro atoms. The van der Waals surface area contributed by atoms with Crippen LogP contribution in [0.1, 0.15) is 60.5 Å². The van der Waals surface area contributed by atoms with E-state index in [9.17, 15) is 13.6 Å². The van der Waals surface area contributed by atoms with Gasteiger partial charge < -0.3 is 4.74 Å². The highest BCUT2D eigenvalue weighted by Crippen LogP contribution is 2.28. The van der Waals surface area contributed by atoms with Gasteiger partial charge in [0.25, 0.3) is 0 Å². The van der Waals surface area contributed by atoms with Crippen LogP contribution >= 0.6 is 0 Å². The van der Waals surface area contributed by atoms with E-state index >= 15 is 0 Å². The van der Waals surface area contributed by atoms with Gasteiger partial charge in [0.05, 0.1) is 0 Å². The first-order valence-electron chi connectivity index (χ1n) is 12.9. The average Bonchev–Trinajstić information content (AvgIpc) is 2.90. The maximum absolute atomic E-state index is 14.8. The third kappa shape index (κ3) is 6.91. The zero-order valence-corrected chi connectivity index (χ0v) is 21.4. The topological polar surface area (TPSA) is 26.3 Å². The smallest absolute Gasteiger partial charge is 0.349 e. The lowest BCUT2D eigenvalue weighted by molar-refractivity contribution is 0.0724. The van der Waals surface area contributed by atoms with E-state index in [1.807, 2.05) is 31.2 Å². The summed E-state index contributed by atoms with van der Waals surface area (Å²) in [6.45, 7) is 4.12. The Labute approximate surface area is 217 Å². The number of rotatable bonds is 10. The molecule has 0 radical (unpaired) electrons. The number of halogens is 2. The molecule has 0 aromatic heterocycles. The van der Waals surface area contributed by atoms with Crippen LogP contribution in [0, 0.1) is 18.6 Å². The fourth-order valence-electron chi connectivity index (χ4n) is 4.35. The van der Waals surface area contributed by atoms with Crippen molar-refractivity contribution in [3.8, 4) is 28.0 Å². The molecule has 4 rings (SSSR count). The van der Waals surface area contributed by atoms with Gasteiger partial charge in [0.1, 0.15) is 22.9 Å². The van der Waals surface area contributed by atoms with Crippen LogP contribution in [-0.2, 0) is 6.42 Å². The van der Waals surface area contributed by atoms with Crippen LogP contribution in [0.4, 0.5) is 8.78 Å². The van der Waals surface area contributed by atoms with E-state index in [1.54, 1.807) is 24.3 Å². The quantitative estimate of drug-likeness (QED) is 0.124. The van der Waals surface area contributed by atoms with E-state index in [2.05, 4.69) is 31.2 Å². The lowest BCUT2D eigenvalue weighted by atomic mass is 9.97. The van der Waals surface area contributed by atoms with Gasteiger partial charge in [-0.15, -0.1) is 0 Å². The molecule has 0 aliphatic carbocycles. The maximum Gasteiger partial charge on any atom is 0.349 e. The molecule has 0 fully saturated rings. The van der Waals surface area contributed by atoms with Crippen molar-refractivity contribution in [2.24, 2.45) is 0 Å². The molecule has 0 saturated carbocycles. The van der Waals surface area contributed by atoms with Crippen molar-refractivity contribution >= 4 is 5.97 Å². The molecule has 0 unspecified atom stereocenters. The predicted octanol–water partition coefficient (Wildman–Crippen LogP) is 9.34. The summed E-state index contributed by atoms with van der Waals surface area (Å²) in [5.41, 5.74) is 4.74. The molecule has 0 aliphatic heterocycles. The van der Waals surface area contributed by atoms with Crippen LogP contribution in [0.25, 0.3) is 22.3 Å². The summed E-state index contributed by atoms with van der Waals surface area (Å²) in [5, 5.41) is 0. The van der Waals surface area contributed by atoms with E-state index in [4.69, 9.17) is 4.74 Å². The molecule has 0 bridgehead atoms. The molecule has 0 atom stereocenters. The maximum atomic E-state index is 14.8. The number of benzene rings is 4. The highest BCUT2D eigenvalue weighted by atomic mass is 19.1. The van der Waals surface area contributed by atoms with E-state index in [0.29, 0.717) is 11.1 Å². The molecule has 0 N–H and O–H groups in total. The SMILES string of the molecule is CCCCCCCc1ccc(-c2ccc(-c3cc(F)c(C(=O)Oc4ccc(C)cc4)c(F)c3)cc2)cc1. The Kier molecular flexibility index (Phi) is 8.84. The number of carbonyl (C=O) groups excluding carboxylic acids is 1. The molecular formula is C33H32F2O2. The van der Waals surface area contributed by atoms with Crippen molar-refractivity contribution in [3.63, 3.8) is 0 Å². The molecule has 2 nitrogen and oxygen atoms in total. The Morgan fingerprint density at radius 1 is 0.676 bits per heavy atom. The van der Waals surface area contributed by atoms with Crippen molar-refractivity contribution in [2.45, 2.75) is 52.4 Å². The van der Waals surface area contributed by atoms with E-state index in [0.717, 1.165) is 23.1 Å². The monoisotopic (exact) mass is 498 g/mol. The first-order chi connectivity index (χ1) is 17.9. The van der Waals surface area contributed by atoms with Gasteiger partial charge in [0.2, 0.25) is 0 Å². The fourth-order valence-corrected chi connectivity index (χ4v) is 4.35. The summed E-state index contributed by atoms with van der Waals surface area (Å²) in [6.07, 6.45) is 7.44. The van der Waals surface area contributed by atoms with E-state index in [1.165, 1.54) is 49.8 Å². The molecule has 0 saturated heterocycles. The second-order valence-electron chi connectivity index (χ2n) is 9.46. The van der Waals surface area contributed by atoms with Gasteiger partial charge in [-0.05, 0) is 71.8 Å². The van der Waals surface area contributed by atoms with E-state index in [-0.39, 0.29) is 5.75 Å². The zero-order chi connectivity index (χ0) is 26.2. The summed E-state index contributed by atoms with van der Waals surface area (Å²) < 4.78 is 34.8. The zero-order valence-electron chi connectivity index (χ0n) is 21.4. The molecular weight excluding hydrogens is 466 g/mol. The Morgan fingerprint density at radius 3 is 1.76 bits per heavy atom. The number of carbonyl (C=O) groups is 1. The lowest BCUT2D eigenvalue weighted by Crippen LogP contribution is -2.13. The van der Waals surface area contributed by atoms with Gasteiger partial charge in [-0.3, -0.25) is 0 Å².